The van der Waals surface area contributed by atoms with Gasteiger partial charge in [0.1, 0.15) is 0 Å². The minimum absolute atomic E-state index is 0.317. The zero-order valence-electron chi connectivity index (χ0n) is 10.2. The number of rotatable bonds is 5. The van der Waals surface area contributed by atoms with Crippen LogP contribution >= 0.6 is 0 Å². The van der Waals surface area contributed by atoms with Gasteiger partial charge in [-0.2, -0.15) is 0 Å². The standard InChI is InChI=1S/C14H21NO/c1-3-14(16)12-6-8-13(9-7-12)15(2)10-11-4-5-11/h6-9,11,14,16H,3-5,10H2,1-2H3. The Morgan fingerprint density at radius 1 is 1.31 bits per heavy atom. The number of aliphatic hydroxyl groups is 1. The van der Waals surface area contributed by atoms with Crippen LogP contribution in [0.25, 0.3) is 0 Å². The molecule has 0 saturated heterocycles. The van der Waals surface area contributed by atoms with Crippen molar-refractivity contribution in [1.82, 2.24) is 0 Å². The van der Waals surface area contributed by atoms with E-state index < -0.39 is 0 Å². The van der Waals surface area contributed by atoms with Crippen molar-refractivity contribution in [3.05, 3.63) is 29.8 Å². The molecule has 1 aliphatic carbocycles. The third kappa shape index (κ3) is 2.76. The molecular weight excluding hydrogens is 198 g/mol. The van der Waals surface area contributed by atoms with Crippen LogP contribution in [0.2, 0.25) is 0 Å². The molecule has 88 valence electrons. The summed E-state index contributed by atoms with van der Waals surface area (Å²) in [6, 6.07) is 8.28. The molecule has 1 atom stereocenters. The smallest absolute Gasteiger partial charge is 0.0787 e. The highest BCUT2D eigenvalue weighted by Gasteiger charge is 2.22. The van der Waals surface area contributed by atoms with Gasteiger partial charge in [0.05, 0.1) is 6.10 Å². The first-order chi connectivity index (χ1) is 7.70. The first-order valence-electron chi connectivity index (χ1n) is 6.20. The average Bonchev–Trinajstić information content (AvgIpc) is 3.12. The Morgan fingerprint density at radius 2 is 1.94 bits per heavy atom. The highest BCUT2D eigenvalue weighted by molar-refractivity contribution is 5.47. The number of aliphatic hydroxyl groups excluding tert-OH is 1. The summed E-state index contributed by atoms with van der Waals surface area (Å²) in [5.41, 5.74) is 2.27. The van der Waals surface area contributed by atoms with E-state index in [9.17, 15) is 5.11 Å². The molecule has 1 unspecified atom stereocenters. The first kappa shape index (κ1) is 11.5. The van der Waals surface area contributed by atoms with E-state index >= 15 is 0 Å². The molecule has 0 amide bonds. The van der Waals surface area contributed by atoms with Gasteiger partial charge in [0.15, 0.2) is 0 Å². The van der Waals surface area contributed by atoms with Crippen molar-refractivity contribution in [2.75, 3.05) is 18.5 Å². The molecule has 0 heterocycles. The fraction of sp³-hybridized carbons (Fsp3) is 0.571. The third-order valence-electron chi connectivity index (χ3n) is 3.33. The molecule has 0 spiro atoms. The molecule has 0 aliphatic heterocycles. The molecule has 2 nitrogen and oxygen atoms in total. The van der Waals surface area contributed by atoms with Gasteiger partial charge in [0, 0.05) is 19.3 Å². The van der Waals surface area contributed by atoms with Crippen molar-refractivity contribution in [3.63, 3.8) is 0 Å². The van der Waals surface area contributed by atoms with E-state index in [4.69, 9.17) is 0 Å². The number of benzene rings is 1. The van der Waals surface area contributed by atoms with Crippen LogP contribution in [0, 0.1) is 5.92 Å². The number of nitrogens with zero attached hydrogens (tertiary/aromatic N) is 1. The molecule has 2 heteroatoms. The van der Waals surface area contributed by atoms with Crippen LogP contribution in [0.3, 0.4) is 0 Å². The number of hydrogen-bond donors (Lipinski definition) is 1. The van der Waals surface area contributed by atoms with E-state index in [0.29, 0.717) is 0 Å². The minimum atomic E-state index is -0.317. The van der Waals surface area contributed by atoms with Crippen molar-refractivity contribution in [3.8, 4) is 0 Å². The van der Waals surface area contributed by atoms with Crippen LogP contribution in [0.1, 0.15) is 37.9 Å². The second-order valence-electron chi connectivity index (χ2n) is 4.84. The van der Waals surface area contributed by atoms with E-state index in [1.54, 1.807) is 0 Å². The van der Waals surface area contributed by atoms with E-state index in [-0.39, 0.29) is 6.10 Å². The maximum Gasteiger partial charge on any atom is 0.0787 e. The largest absolute Gasteiger partial charge is 0.388 e. The fourth-order valence-electron chi connectivity index (χ4n) is 1.98. The van der Waals surface area contributed by atoms with Crippen LogP contribution in [-0.4, -0.2) is 18.7 Å². The van der Waals surface area contributed by atoms with Crippen molar-refractivity contribution >= 4 is 5.69 Å². The molecule has 1 saturated carbocycles. The van der Waals surface area contributed by atoms with Gasteiger partial charge in [-0.3, -0.25) is 0 Å². The van der Waals surface area contributed by atoms with E-state index in [1.165, 1.54) is 18.5 Å². The lowest BCUT2D eigenvalue weighted by Crippen LogP contribution is -2.19. The van der Waals surface area contributed by atoms with Crippen LogP contribution in [0.15, 0.2) is 24.3 Å². The normalized spacial score (nSPS) is 17.2. The molecule has 0 aromatic heterocycles. The summed E-state index contributed by atoms with van der Waals surface area (Å²) in [6.45, 7) is 3.16. The van der Waals surface area contributed by atoms with Crippen LogP contribution in [0.4, 0.5) is 5.69 Å². The predicted octanol–water partition coefficient (Wildman–Crippen LogP) is 2.98. The lowest BCUT2D eigenvalue weighted by atomic mass is 10.1. The molecule has 2 rings (SSSR count). The van der Waals surface area contributed by atoms with Crippen molar-refractivity contribution in [1.29, 1.82) is 0 Å². The van der Waals surface area contributed by atoms with Crippen LogP contribution in [-0.2, 0) is 0 Å². The average molecular weight is 219 g/mol. The molecule has 1 aromatic carbocycles. The molecule has 1 aliphatic rings. The number of anilines is 1. The second-order valence-corrected chi connectivity index (χ2v) is 4.84. The molecular formula is C14H21NO. The molecule has 0 bridgehead atoms. The van der Waals surface area contributed by atoms with Gasteiger partial charge in [-0.25, -0.2) is 0 Å². The monoisotopic (exact) mass is 219 g/mol. The van der Waals surface area contributed by atoms with Crippen LogP contribution in [0.5, 0.6) is 0 Å². The van der Waals surface area contributed by atoms with Crippen molar-refractivity contribution in [2.45, 2.75) is 32.3 Å². The molecule has 16 heavy (non-hydrogen) atoms. The summed E-state index contributed by atoms with van der Waals surface area (Å²) in [6.07, 6.45) is 3.23. The van der Waals surface area contributed by atoms with E-state index in [0.717, 1.165) is 24.4 Å². The highest BCUT2D eigenvalue weighted by atomic mass is 16.3. The quantitative estimate of drug-likeness (QED) is 0.823. The maximum atomic E-state index is 9.70. The zero-order valence-corrected chi connectivity index (χ0v) is 10.2. The van der Waals surface area contributed by atoms with Crippen molar-refractivity contribution < 1.29 is 5.11 Å². The lowest BCUT2D eigenvalue weighted by molar-refractivity contribution is 0.173. The predicted molar refractivity (Wildman–Crippen MR) is 67.7 cm³/mol. The molecule has 1 N–H and O–H groups in total. The highest BCUT2D eigenvalue weighted by Crippen LogP contribution is 2.31. The maximum absolute atomic E-state index is 9.70. The summed E-state index contributed by atoms with van der Waals surface area (Å²) >= 11 is 0. The Balaban J connectivity index is 1.99. The third-order valence-corrected chi connectivity index (χ3v) is 3.33. The first-order valence-corrected chi connectivity index (χ1v) is 6.20. The molecule has 1 aromatic rings. The Kier molecular flexibility index (Phi) is 3.49. The summed E-state index contributed by atoms with van der Waals surface area (Å²) in [5.74, 6) is 0.908. The Labute approximate surface area is 97.9 Å². The Morgan fingerprint density at radius 3 is 2.44 bits per heavy atom. The minimum Gasteiger partial charge on any atom is -0.388 e. The lowest BCUT2D eigenvalue weighted by Gasteiger charge is -2.19. The summed E-state index contributed by atoms with van der Waals surface area (Å²) in [7, 11) is 2.14. The molecule has 1 fully saturated rings. The molecule has 0 radical (unpaired) electrons. The summed E-state index contributed by atoms with van der Waals surface area (Å²) < 4.78 is 0. The Bertz CT molecular complexity index is 329. The van der Waals surface area contributed by atoms with Gasteiger partial charge in [-0.15, -0.1) is 0 Å². The van der Waals surface area contributed by atoms with Gasteiger partial charge >= 0.3 is 0 Å². The van der Waals surface area contributed by atoms with Gasteiger partial charge in [0.25, 0.3) is 0 Å². The van der Waals surface area contributed by atoms with Gasteiger partial charge in [-0.1, -0.05) is 19.1 Å². The number of hydrogen-bond acceptors (Lipinski definition) is 2. The Hall–Kier alpha value is -1.02. The van der Waals surface area contributed by atoms with Gasteiger partial charge in [-0.05, 0) is 42.9 Å². The SMILES string of the molecule is CCC(O)c1ccc(N(C)CC2CC2)cc1. The fourth-order valence-corrected chi connectivity index (χ4v) is 1.98. The van der Waals surface area contributed by atoms with Crippen LogP contribution < -0.4 is 4.90 Å². The summed E-state index contributed by atoms with van der Waals surface area (Å²) in [4.78, 5) is 2.31. The van der Waals surface area contributed by atoms with Gasteiger partial charge < -0.3 is 10.0 Å². The second kappa shape index (κ2) is 4.88. The van der Waals surface area contributed by atoms with Crippen molar-refractivity contribution in [2.24, 2.45) is 5.92 Å². The van der Waals surface area contributed by atoms with Gasteiger partial charge in [0.2, 0.25) is 0 Å². The zero-order chi connectivity index (χ0) is 11.5. The topological polar surface area (TPSA) is 23.5 Å². The van der Waals surface area contributed by atoms with E-state index in [2.05, 4.69) is 24.1 Å². The summed E-state index contributed by atoms with van der Waals surface area (Å²) in [5, 5.41) is 9.70. The van der Waals surface area contributed by atoms with E-state index in [1.807, 2.05) is 19.1 Å².